The second-order valence-corrected chi connectivity index (χ2v) is 4.75. The maximum Gasteiger partial charge on any atom is 0.227 e. The van der Waals surface area contributed by atoms with Gasteiger partial charge in [0.15, 0.2) is 0 Å². The van der Waals surface area contributed by atoms with Crippen molar-refractivity contribution in [2.75, 3.05) is 25.0 Å². The summed E-state index contributed by atoms with van der Waals surface area (Å²) in [5.74, 6) is -0.0352. The minimum atomic E-state index is -0.0352. The summed E-state index contributed by atoms with van der Waals surface area (Å²) in [6.07, 6.45) is 3.85. The Hall–Kier alpha value is -1.40. The van der Waals surface area contributed by atoms with Crippen LogP contribution in [-0.4, -0.2) is 41.5 Å². The van der Waals surface area contributed by atoms with Crippen molar-refractivity contribution >= 4 is 11.6 Å². The first-order valence-corrected chi connectivity index (χ1v) is 6.31. The zero-order chi connectivity index (χ0) is 13.0. The molecule has 1 amide bonds. The van der Waals surface area contributed by atoms with Crippen molar-refractivity contribution in [1.82, 2.24) is 15.1 Å². The highest BCUT2D eigenvalue weighted by Crippen LogP contribution is 2.11. The lowest BCUT2D eigenvalue weighted by molar-refractivity contribution is -0.119. The lowest BCUT2D eigenvalue weighted by Crippen LogP contribution is -2.40. The number of nitrogens with one attached hydrogen (secondary N) is 2. The molecule has 1 atom stereocenters. The molecule has 1 aromatic rings. The maximum absolute atomic E-state index is 11.8. The number of rotatable bonds is 4. The van der Waals surface area contributed by atoms with E-state index in [2.05, 4.69) is 15.7 Å². The van der Waals surface area contributed by atoms with Gasteiger partial charge >= 0.3 is 0 Å². The predicted octanol–water partition coefficient (Wildman–Crippen LogP) is 0.781. The zero-order valence-electron chi connectivity index (χ0n) is 10.8. The highest BCUT2D eigenvalue weighted by atomic mass is 16.5. The van der Waals surface area contributed by atoms with Gasteiger partial charge in [0.1, 0.15) is 0 Å². The quantitative estimate of drug-likeness (QED) is 0.831. The Balaban J connectivity index is 1.82. The number of anilines is 1. The molecule has 0 aromatic carbocycles. The van der Waals surface area contributed by atoms with Crippen molar-refractivity contribution in [3.63, 3.8) is 0 Å². The first-order valence-electron chi connectivity index (χ1n) is 6.31. The van der Waals surface area contributed by atoms with Gasteiger partial charge in [-0.1, -0.05) is 0 Å². The number of hydrogen-bond donors (Lipinski definition) is 2. The van der Waals surface area contributed by atoms with E-state index in [0.29, 0.717) is 19.1 Å². The molecule has 1 aliphatic heterocycles. The van der Waals surface area contributed by atoms with Crippen LogP contribution in [0.1, 0.15) is 26.3 Å². The third kappa shape index (κ3) is 3.54. The van der Waals surface area contributed by atoms with Crippen LogP contribution < -0.4 is 10.6 Å². The van der Waals surface area contributed by atoms with Gasteiger partial charge in [0.25, 0.3) is 0 Å². The van der Waals surface area contributed by atoms with Crippen LogP contribution in [0.2, 0.25) is 0 Å². The van der Waals surface area contributed by atoms with Gasteiger partial charge in [-0.3, -0.25) is 9.48 Å². The summed E-state index contributed by atoms with van der Waals surface area (Å²) in [5, 5.41) is 10.2. The molecular formula is C12H20N4O2. The average molecular weight is 252 g/mol. The Morgan fingerprint density at radius 2 is 2.56 bits per heavy atom. The molecule has 6 nitrogen and oxygen atoms in total. The van der Waals surface area contributed by atoms with Crippen molar-refractivity contribution in [1.29, 1.82) is 0 Å². The molecule has 0 bridgehead atoms. The van der Waals surface area contributed by atoms with E-state index in [1.54, 1.807) is 6.20 Å². The Morgan fingerprint density at radius 1 is 1.72 bits per heavy atom. The lowest BCUT2D eigenvalue weighted by atomic mass is 10.2. The number of aromatic nitrogens is 2. The Bertz CT molecular complexity index is 397. The first-order chi connectivity index (χ1) is 8.65. The van der Waals surface area contributed by atoms with E-state index < -0.39 is 0 Å². The van der Waals surface area contributed by atoms with E-state index in [9.17, 15) is 4.79 Å². The minimum Gasteiger partial charge on any atom is -0.375 e. The molecule has 1 aliphatic rings. The zero-order valence-corrected chi connectivity index (χ0v) is 10.8. The summed E-state index contributed by atoms with van der Waals surface area (Å²) in [6, 6.07) is 0.293. The largest absolute Gasteiger partial charge is 0.375 e. The highest BCUT2D eigenvalue weighted by Gasteiger charge is 2.17. The molecule has 6 heteroatoms. The van der Waals surface area contributed by atoms with Crippen LogP contribution in [0.5, 0.6) is 0 Å². The molecule has 100 valence electrons. The van der Waals surface area contributed by atoms with Crippen molar-refractivity contribution in [2.45, 2.75) is 32.4 Å². The van der Waals surface area contributed by atoms with Crippen LogP contribution in [0.3, 0.4) is 0 Å². The molecule has 1 aromatic heterocycles. The maximum atomic E-state index is 11.8. The van der Waals surface area contributed by atoms with Gasteiger partial charge in [0, 0.05) is 25.3 Å². The highest BCUT2D eigenvalue weighted by molar-refractivity contribution is 5.90. The van der Waals surface area contributed by atoms with Crippen LogP contribution in [0.25, 0.3) is 0 Å². The van der Waals surface area contributed by atoms with Gasteiger partial charge in [-0.05, 0) is 13.8 Å². The predicted molar refractivity (Wildman–Crippen MR) is 68.5 cm³/mol. The molecule has 2 N–H and O–H groups in total. The number of ether oxygens (including phenoxy) is 1. The van der Waals surface area contributed by atoms with Crippen LogP contribution >= 0.6 is 0 Å². The molecule has 0 radical (unpaired) electrons. The van der Waals surface area contributed by atoms with Gasteiger partial charge in [0.2, 0.25) is 5.91 Å². The summed E-state index contributed by atoms with van der Waals surface area (Å²) >= 11 is 0. The first kappa shape index (κ1) is 13.0. The van der Waals surface area contributed by atoms with E-state index in [0.717, 1.165) is 18.8 Å². The van der Waals surface area contributed by atoms with Gasteiger partial charge in [-0.2, -0.15) is 5.10 Å². The number of hydrogen-bond acceptors (Lipinski definition) is 4. The van der Waals surface area contributed by atoms with E-state index >= 15 is 0 Å². The van der Waals surface area contributed by atoms with E-state index in [1.807, 2.05) is 24.7 Å². The molecule has 2 heterocycles. The number of nitrogens with zero attached hydrogens (tertiary/aromatic N) is 2. The third-order valence-corrected chi connectivity index (χ3v) is 2.83. The summed E-state index contributed by atoms with van der Waals surface area (Å²) in [4.78, 5) is 11.8. The van der Waals surface area contributed by atoms with Crippen LogP contribution in [0.15, 0.2) is 12.4 Å². The fourth-order valence-corrected chi connectivity index (χ4v) is 1.85. The standard InChI is InChI=1S/C12H20N4O2/c1-9(2)16-8-10(6-14-16)15-12(17)5-11-7-13-3-4-18-11/h6,8-9,11,13H,3-5,7H2,1-2H3,(H,15,17). The molecule has 1 fully saturated rings. The van der Waals surface area contributed by atoms with Gasteiger partial charge in [0.05, 0.1) is 31.0 Å². The molecule has 18 heavy (non-hydrogen) atoms. The number of carbonyl (C=O) groups is 1. The van der Waals surface area contributed by atoms with Crippen LogP contribution in [0, 0.1) is 0 Å². The van der Waals surface area contributed by atoms with E-state index in [-0.39, 0.29) is 12.0 Å². The van der Waals surface area contributed by atoms with E-state index in [4.69, 9.17) is 4.74 Å². The van der Waals surface area contributed by atoms with Crippen LogP contribution in [0.4, 0.5) is 5.69 Å². The number of carbonyl (C=O) groups excluding carboxylic acids is 1. The van der Waals surface area contributed by atoms with Crippen molar-refractivity contribution in [3.8, 4) is 0 Å². The third-order valence-electron chi connectivity index (χ3n) is 2.83. The lowest BCUT2D eigenvalue weighted by Gasteiger charge is -2.22. The molecule has 2 rings (SSSR count). The van der Waals surface area contributed by atoms with Gasteiger partial charge < -0.3 is 15.4 Å². The molecule has 1 saturated heterocycles. The second kappa shape index (κ2) is 5.97. The summed E-state index contributed by atoms with van der Waals surface area (Å²) in [7, 11) is 0. The number of amides is 1. The van der Waals surface area contributed by atoms with Crippen molar-refractivity contribution < 1.29 is 9.53 Å². The molecule has 0 saturated carbocycles. The minimum absolute atomic E-state index is 0.0288. The fraction of sp³-hybridized carbons (Fsp3) is 0.667. The van der Waals surface area contributed by atoms with Crippen molar-refractivity contribution in [2.24, 2.45) is 0 Å². The van der Waals surface area contributed by atoms with Gasteiger partial charge in [-0.25, -0.2) is 0 Å². The Morgan fingerprint density at radius 3 is 3.17 bits per heavy atom. The SMILES string of the molecule is CC(C)n1cc(NC(=O)CC2CNCCO2)cn1. The summed E-state index contributed by atoms with van der Waals surface area (Å²) < 4.78 is 7.30. The van der Waals surface area contributed by atoms with Gasteiger partial charge in [-0.15, -0.1) is 0 Å². The second-order valence-electron chi connectivity index (χ2n) is 4.75. The monoisotopic (exact) mass is 252 g/mol. The summed E-state index contributed by atoms with van der Waals surface area (Å²) in [5.41, 5.74) is 0.734. The van der Waals surface area contributed by atoms with Crippen LogP contribution in [-0.2, 0) is 9.53 Å². The van der Waals surface area contributed by atoms with E-state index in [1.165, 1.54) is 0 Å². The molecule has 0 aliphatic carbocycles. The summed E-state index contributed by atoms with van der Waals surface area (Å²) in [6.45, 7) is 6.35. The Labute approximate surface area is 107 Å². The molecular weight excluding hydrogens is 232 g/mol. The number of morpholine rings is 1. The molecule has 1 unspecified atom stereocenters. The average Bonchev–Trinajstić information content (AvgIpc) is 2.78. The fourth-order valence-electron chi connectivity index (χ4n) is 1.85. The topological polar surface area (TPSA) is 68.2 Å². The molecule has 0 spiro atoms. The van der Waals surface area contributed by atoms with Crippen molar-refractivity contribution in [3.05, 3.63) is 12.4 Å². The normalized spacial score (nSPS) is 20.1. The Kier molecular flexibility index (Phi) is 4.33. The smallest absolute Gasteiger partial charge is 0.227 e.